The van der Waals surface area contributed by atoms with Gasteiger partial charge in [-0.1, -0.05) is 0 Å². The van der Waals surface area contributed by atoms with Crippen LogP contribution in [-0.2, 0) is 11.3 Å². The Morgan fingerprint density at radius 2 is 2.41 bits per heavy atom. The predicted octanol–water partition coefficient (Wildman–Crippen LogP) is 0.166. The number of anilines is 2. The maximum atomic E-state index is 9.30. The van der Waals surface area contributed by atoms with Crippen molar-refractivity contribution in [1.82, 2.24) is 9.97 Å². The van der Waals surface area contributed by atoms with Gasteiger partial charge in [0, 0.05) is 19.7 Å². The fraction of sp³-hybridized carbons (Fsp3) is 0.636. The van der Waals surface area contributed by atoms with E-state index in [0.29, 0.717) is 18.2 Å². The normalized spacial score (nSPS) is 19.9. The lowest BCUT2D eigenvalue weighted by molar-refractivity contribution is 0.178. The van der Waals surface area contributed by atoms with E-state index in [4.69, 9.17) is 10.5 Å². The Hall–Kier alpha value is -1.40. The van der Waals surface area contributed by atoms with E-state index < -0.39 is 0 Å². The lowest BCUT2D eigenvalue weighted by Gasteiger charge is -2.24. The Morgan fingerprint density at radius 3 is 3.12 bits per heavy atom. The molecule has 0 radical (unpaired) electrons. The molecule has 1 aliphatic rings. The zero-order chi connectivity index (χ0) is 12.3. The summed E-state index contributed by atoms with van der Waals surface area (Å²) in [7, 11) is 1.60. The van der Waals surface area contributed by atoms with Gasteiger partial charge in [-0.3, -0.25) is 0 Å². The number of nitrogen functional groups attached to an aromatic ring is 1. The van der Waals surface area contributed by atoms with Crippen LogP contribution in [0, 0.1) is 0 Å². The van der Waals surface area contributed by atoms with Crippen molar-refractivity contribution in [2.45, 2.75) is 25.5 Å². The van der Waals surface area contributed by atoms with Gasteiger partial charge in [0.2, 0.25) is 0 Å². The van der Waals surface area contributed by atoms with Gasteiger partial charge in [-0.05, 0) is 12.8 Å². The lowest BCUT2D eigenvalue weighted by atomic mass is 10.2. The number of rotatable bonds is 4. The monoisotopic (exact) mass is 238 g/mol. The Labute approximate surface area is 100 Å². The maximum absolute atomic E-state index is 9.30. The van der Waals surface area contributed by atoms with Crippen LogP contribution in [0.15, 0.2) is 6.07 Å². The Kier molecular flexibility index (Phi) is 3.75. The fourth-order valence-electron chi connectivity index (χ4n) is 2.17. The van der Waals surface area contributed by atoms with Crippen LogP contribution in [-0.4, -0.2) is 41.4 Å². The Bertz CT molecular complexity index is 386. The number of hydrogen-bond acceptors (Lipinski definition) is 6. The first-order valence-electron chi connectivity index (χ1n) is 5.74. The van der Waals surface area contributed by atoms with Crippen LogP contribution in [0.5, 0.6) is 0 Å². The molecule has 3 N–H and O–H groups in total. The minimum absolute atomic E-state index is 0.139. The van der Waals surface area contributed by atoms with Crippen LogP contribution < -0.4 is 10.6 Å². The zero-order valence-electron chi connectivity index (χ0n) is 9.96. The zero-order valence-corrected chi connectivity index (χ0v) is 9.96. The number of aliphatic hydroxyl groups excluding tert-OH is 1. The van der Waals surface area contributed by atoms with Gasteiger partial charge in [-0.2, -0.15) is 0 Å². The second-order valence-electron chi connectivity index (χ2n) is 4.17. The van der Waals surface area contributed by atoms with Crippen molar-refractivity contribution in [3.8, 4) is 0 Å². The third-order valence-electron chi connectivity index (χ3n) is 2.93. The number of nitrogens with two attached hydrogens (primary N) is 1. The smallest absolute Gasteiger partial charge is 0.158 e. The largest absolute Gasteiger partial charge is 0.394 e. The predicted molar refractivity (Wildman–Crippen MR) is 64.6 cm³/mol. The molecule has 94 valence electrons. The summed E-state index contributed by atoms with van der Waals surface area (Å²) in [5.74, 6) is 1.79. The van der Waals surface area contributed by atoms with Crippen LogP contribution in [0.1, 0.15) is 18.7 Å². The maximum Gasteiger partial charge on any atom is 0.158 e. The van der Waals surface area contributed by atoms with E-state index in [1.807, 2.05) is 0 Å². The van der Waals surface area contributed by atoms with E-state index in [-0.39, 0.29) is 12.6 Å². The van der Waals surface area contributed by atoms with Crippen molar-refractivity contribution >= 4 is 11.6 Å². The average Bonchev–Trinajstić information content (AvgIpc) is 2.76. The molecule has 1 aromatic heterocycles. The van der Waals surface area contributed by atoms with Crippen molar-refractivity contribution in [2.24, 2.45) is 0 Å². The summed E-state index contributed by atoms with van der Waals surface area (Å²) in [4.78, 5) is 10.6. The fourth-order valence-corrected chi connectivity index (χ4v) is 2.17. The number of nitrogens with zero attached hydrogens (tertiary/aromatic N) is 3. The number of ether oxygens (including phenoxy) is 1. The summed E-state index contributed by atoms with van der Waals surface area (Å²) in [6.07, 6.45) is 2.05. The standard InChI is InChI=1S/C11H18N4O2/c1-17-7-10-13-9(12)5-11(14-10)15-4-2-3-8(15)6-16/h5,8,16H,2-4,6-7H2,1H3,(H2,12,13,14). The molecule has 1 aliphatic heterocycles. The van der Waals surface area contributed by atoms with Crippen LogP contribution in [0.3, 0.4) is 0 Å². The Balaban J connectivity index is 2.24. The molecule has 0 bridgehead atoms. The first kappa shape index (κ1) is 12.1. The molecule has 0 amide bonds. The molecule has 6 nitrogen and oxygen atoms in total. The van der Waals surface area contributed by atoms with Gasteiger partial charge in [0.1, 0.15) is 18.2 Å². The first-order chi connectivity index (χ1) is 8.24. The van der Waals surface area contributed by atoms with Gasteiger partial charge >= 0.3 is 0 Å². The van der Waals surface area contributed by atoms with Crippen LogP contribution >= 0.6 is 0 Å². The van der Waals surface area contributed by atoms with Gasteiger partial charge in [-0.15, -0.1) is 0 Å². The summed E-state index contributed by atoms with van der Waals surface area (Å²) in [6.45, 7) is 1.38. The summed E-state index contributed by atoms with van der Waals surface area (Å²) in [6, 6.07) is 1.88. The highest BCUT2D eigenvalue weighted by Gasteiger charge is 2.25. The number of aromatic nitrogens is 2. The summed E-state index contributed by atoms with van der Waals surface area (Å²) in [5.41, 5.74) is 5.75. The van der Waals surface area contributed by atoms with E-state index >= 15 is 0 Å². The van der Waals surface area contributed by atoms with Gasteiger partial charge in [0.25, 0.3) is 0 Å². The summed E-state index contributed by atoms with van der Waals surface area (Å²) in [5, 5.41) is 9.30. The van der Waals surface area contributed by atoms with E-state index in [1.54, 1.807) is 13.2 Å². The van der Waals surface area contributed by atoms with Crippen molar-refractivity contribution < 1.29 is 9.84 Å². The van der Waals surface area contributed by atoms with Gasteiger partial charge in [0.05, 0.1) is 12.6 Å². The topological polar surface area (TPSA) is 84.5 Å². The minimum atomic E-state index is 0.139. The molecule has 1 fully saturated rings. The lowest BCUT2D eigenvalue weighted by Crippen LogP contribution is -2.33. The molecule has 1 atom stereocenters. The molecule has 0 saturated carbocycles. The van der Waals surface area contributed by atoms with Crippen LogP contribution in [0.2, 0.25) is 0 Å². The van der Waals surface area contributed by atoms with E-state index in [2.05, 4.69) is 14.9 Å². The highest BCUT2D eigenvalue weighted by atomic mass is 16.5. The molecule has 2 heterocycles. The third-order valence-corrected chi connectivity index (χ3v) is 2.93. The highest BCUT2D eigenvalue weighted by Crippen LogP contribution is 2.24. The van der Waals surface area contributed by atoms with E-state index in [9.17, 15) is 5.11 Å². The average molecular weight is 238 g/mol. The van der Waals surface area contributed by atoms with E-state index in [1.165, 1.54) is 0 Å². The molecule has 17 heavy (non-hydrogen) atoms. The van der Waals surface area contributed by atoms with Crippen LogP contribution in [0.4, 0.5) is 11.6 Å². The molecular weight excluding hydrogens is 220 g/mol. The summed E-state index contributed by atoms with van der Waals surface area (Å²) < 4.78 is 5.01. The molecule has 6 heteroatoms. The molecule has 0 aliphatic carbocycles. The SMILES string of the molecule is COCc1nc(N)cc(N2CCCC2CO)n1. The van der Waals surface area contributed by atoms with Gasteiger partial charge in [0.15, 0.2) is 5.82 Å². The van der Waals surface area contributed by atoms with Crippen molar-refractivity contribution in [3.63, 3.8) is 0 Å². The number of hydrogen-bond donors (Lipinski definition) is 2. The second kappa shape index (κ2) is 5.29. The van der Waals surface area contributed by atoms with Gasteiger partial charge in [-0.25, -0.2) is 9.97 Å². The highest BCUT2D eigenvalue weighted by molar-refractivity contribution is 5.48. The van der Waals surface area contributed by atoms with Crippen molar-refractivity contribution in [1.29, 1.82) is 0 Å². The second-order valence-corrected chi connectivity index (χ2v) is 4.17. The third kappa shape index (κ3) is 2.65. The van der Waals surface area contributed by atoms with E-state index in [0.717, 1.165) is 25.2 Å². The molecular formula is C11H18N4O2. The Morgan fingerprint density at radius 1 is 1.59 bits per heavy atom. The first-order valence-corrected chi connectivity index (χ1v) is 5.74. The van der Waals surface area contributed by atoms with Crippen molar-refractivity contribution in [2.75, 3.05) is 30.9 Å². The van der Waals surface area contributed by atoms with Crippen molar-refractivity contribution in [3.05, 3.63) is 11.9 Å². The quantitative estimate of drug-likeness (QED) is 0.777. The molecule has 0 aromatic carbocycles. The molecule has 0 spiro atoms. The molecule has 1 aromatic rings. The number of aliphatic hydroxyl groups is 1. The molecule has 2 rings (SSSR count). The van der Waals surface area contributed by atoms with Crippen LogP contribution in [0.25, 0.3) is 0 Å². The summed E-state index contributed by atoms with van der Waals surface area (Å²) >= 11 is 0. The molecule has 1 saturated heterocycles. The van der Waals surface area contributed by atoms with Gasteiger partial charge < -0.3 is 20.5 Å². The molecule has 1 unspecified atom stereocenters. The number of methoxy groups -OCH3 is 1. The minimum Gasteiger partial charge on any atom is -0.394 e.